The maximum atomic E-state index is 13.0. The maximum Gasteiger partial charge on any atom is 0.249 e. The zero-order valence-electron chi connectivity index (χ0n) is 8.66. The molecule has 0 aromatic heterocycles. The molecular weight excluding hydrogens is 225 g/mol. The van der Waals surface area contributed by atoms with Crippen molar-refractivity contribution in [1.82, 2.24) is 5.32 Å². The highest BCUT2D eigenvalue weighted by atomic mass is 19.1. The van der Waals surface area contributed by atoms with Gasteiger partial charge in [-0.25, -0.2) is 4.39 Å². The molecule has 1 aliphatic rings. The highest BCUT2D eigenvalue weighted by molar-refractivity contribution is 6.06. The third-order valence-corrected chi connectivity index (χ3v) is 2.40. The second-order valence-corrected chi connectivity index (χ2v) is 3.62. The van der Waals surface area contributed by atoms with Crippen LogP contribution in [-0.2, 0) is 9.59 Å². The SMILES string of the molecule is N#Cc1cc(NC2CC(=O)NC2=O)ccc1F. The van der Waals surface area contributed by atoms with Crippen molar-refractivity contribution in [3.63, 3.8) is 0 Å². The Morgan fingerprint density at radius 2 is 2.24 bits per heavy atom. The molecule has 1 fully saturated rings. The standard InChI is InChI=1S/C11H8FN3O2/c12-8-2-1-7(3-6(8)5-13)14-9-4-10(16)15-11(9)17/h1-3,9,14H,4H2,(H,15,16,17). The van der Waals surface area contributed by atoms with Gasteiger partial charge in [-0.05, 0) is 18.2 Å². The molecule has 5 nitrogen and oxygen atoms in total. The summed E-state index contributed by atoms with van der Waals surface area (Å²) in [5, 5.41) is 13.6. The number of halogens is 1. The molecule has 2 rings (SSSR count). The molecule has 0 saturated carbocycles. The number of hydrogen-bond donors (Lipinski definition) is 2. The molecule has 1 aromatic carbocycles. The molecular formula is C11H8FN3O2. The zero-order chi connectivity index (χ0) is 12.4. The summed E-state index contributed by atoms with van der Waals surface area (Å²) in [6.45, 7) is 0. The number of nitriles is 1. The average molecular weight is 233 g/mol. The number of amides is 2. The van der Waals surface area contributed by atoms with Gasteiger partial charge < -0.3 is 5.32 Å². The molecule has 1 unspecified atom stereocenters. The summed E-state index contributed by atoms with van der Waals surface area (Å²) in [5.74, 6) is -1.39. The van der Waals surface area contributed by atoms with Crippen molar-refractivity contribution in [2.24, 2.45) is 0 Å². The molecule has 17 heavy (non-hydrogen) atoms. The van der Waals surface area contributed by atoms with Crippen LogP contribution in [0.3, 0.4) is 0 Å². The number of carbonyl (C=O) groups excluding carboxylic acids is 2. The van der Waals surface area contributed by atoms with Gasteiger partial charge in [0.1, 0.15) is 17.9 Å². The second-order valence-electron chi connectivity index (χ2n) is 3.62. The topological polar surface area (TPSA) is 82.0 Å². The number of rotatable bonds is 2. The Bertz CT molecular complexity index is 536. The second kappa shape index (κ2) is 4.22. The van der Waals surface area contributed by atoms with E-state index in [0.717, 1.165) is 6.07 Å². The van der Waals surface area contributed by atoms with Crippen LogP contribution in [0.1, 0.15) is 12.0 Å². The lowest BCUT2D eigenvalue weighted by Crippen LogP contribution is -2.30. The van der Waals surface area contributed by atoms with Gasteiger partial charge >= 0.3 is 0 Å². The first kappa shape index (κ1) is 11.1. The fourth-order valence-electron chi connectivity index (χ4n) is 1.57. The molecule has 1 saturated heterocycles. The summed E-state index contributed by atoms with van der Waals surface area (Å²) < 4.78 is 13.0. The molecule has 0 aliphatic carbocycles. The van der Waals surface area contributed by atoms with E-state index in [0.29, 0.717) is 5.69 Å². The summed E-state index contributed by atoms with van der Waals surface area (Å²) >= 11 is 0. The van der Waals surface area contributed by atoms with E-state index in [-0.39, 0.29) is 17.9 Å². The van der Waals surface area contributed by atoms with Crippen LogP contribution >= 0.6 is 0 Å². The normalized spacial score (nSPS) is 18.7. The van der Waals surface area contributed by atoms with E-state index in [1.165, 1.54) is 12.1 Å². The number of nitrogens with zero attached hydrogens (tertiary/aromatic N) is 1. The van der Waals surface area contributed by atoms with Gasteiger partial charge in [-0.1, -0.05) is 0 Å². The van der Waals surface area contributed by atoms with E-state index in [2.05, 4.69) is 10.6 Å². The molecule has 1 aliphatic heterocycles. The largest absolute Gasteiger partial charge is 0.373 e. The smallest absolute Gasteiger partial charge is 0.249 e. The predicted octanol–water partition coefficient (Wildman–Crippen LogP) is 0.524. The highest BCUT2D eigenvalue weighted by Crippen LogP contribution is 2.16. The van der Waals surface area contributed by atoms with Gasteiger partial charge in [0, 0.05) is 5.69 Å². The molecule has 2 N–H and O–H groups in total. The molecule has 0 radical (unpaired) electrons. The zero-order valence-corrected chi connectivity index (χ0v) is 8.66. The van der Waals surface area contributed by atoms with Gasteiger partial charge in [-0.15, -0.1) is 0 Å². The highest BCUT2D eigenvalue weighted by Gasteiger charge is 2.30. The van der Waals surface area contributed by atoms with Crippen molar-refractivity contribution < 1.29 is 14.0 Å². The summed E-state index contributed by atoms with van der Waals surface area (Å²) in [6.07, 6.45) is 0.0398. The Hall–Kier alpha value is -2.42. The fraction of sp³-hybridized carbons (Fsp3) is 0.182. The molecule has 1 atom stereocenters. The molecule has 1 aromatic rings. The van der Waals surface area contributed by atoms with Gasteiger partial charge in [-0.2, -0.15) is 5.26 Å². The maximum absolute atomic E-state index is 13.0. The van der Waals surface area contributed by atoms with Crippen LogP contribution in [0.2, 0.25) is 0 Å². The van der Waals surface area contributed by atoms with Crippen molar-refractivity contribution in [2.45, 2.75) is 12.5 Å². The minimum absolute atomic E-state index is 0.0398. The summed E-state index contributed by atoms with van der Waals surface area (Å²) in [4.78, 5) is 22.2. The third-order valence-electron chi connectivity index (χ3n) is 2.40. The van der Waals surface area contributed by atoms with Gasteiger partial charge in [0.15, 0.2) is 0 Å². The molecule has 0 spiro atoms. The lowest BCUT2D eigenvalue weighted by molar-refractivity contribution is -0.124. The van der Waals surface area contributed by atoms with Gasteiger partial charge in [-0.3, -0.25) is 14.9 Å². The van der Waals surface area contributed by atoms with Gasteiger partial charge in [0.2, 0.25) is 11.8 Å². The Kier molecular flexibility index (Phi) is 2.75. The summed E-state index contributed by atoms with van der Waals surface area (Å²) in [6, 6.07) is 4.87. The van der Waals surface area contributed by atoms with E-state index in [1.54, 1.807) is 6.07 Å². The van der Waals surface area contributed by atoms with E-state index in [9.17, 15) is 14.0 Å². The Balaban J connectivity index is 2.17. The Morgan fingerprint density at radius 3 is 2.82 bits per heavy atom. The van der Waals surface area contributed by atoms with E-state index in [1.807, 2.05) is 0 Å². The number of carbonyl (C=O) groups is 2. The number of benzene rings is 1. The Labute approximate surface area is 96.2 Å². The predicted molar refractivity (Wildman–Crippen MR) is 56.3 cm³/mol. The van der Waals surface area contributed by atoms with Crippen LogP contribution in [0.25, 0.3) is 0 Å². The van der Waals surface area contributed by atoms with E-state index < -0.39 is 17.8 Å². The van der Waals surface area contributed by atoms with Crippen LogP contribution in [0, 0.1) is 17.1 Å². The van der Waals surface area contributed by atoms with Crippen LogP contribution in [0.5, 0.6) is 0 Å². The minimum atomic E-state index is -0.667. The summed E-state index contributed by atoms with van der Waals surface area (Å²) in [7, 11) is 0. The number of nitrogens with one attached hydrogen (secondary N) is 2. The first-order valence-electron chi connectivity index (χ1n) is 4.90. The number of anilines is 1. The van der Waals surface area contributed by atoms with E-state index >= 15 is 0 Å². The first-order valence-corrected chi connectivity index (χ1v) is 4.90. The quantitative estimate of drug-likeness (QED) is 0.730. The first-order chi connectivity index (χ1) is 8.10. The Morgan fingerprint density at radius 1 is 1.47 bits per heavy atom. The van der Waals surface area contributed by atoms with Crippen molar-refractivity contribution in [1.29, 1.82) is 5.26 Å². The molecule has 1 heterocycles. The molecule has 86 valence electrons. The molecule has 6 heteroatoms. The van der Waals surface area contributed by atoms with Gasteiger partial charge in [0.05, 0.1) is 12.0 Å². The van der Waals surface area contributed by atoms with E-state index in [4.69, 9.17) is 5.26 Å². The van der Waals surface area contributed by atoms with Crippen LogP contribution in [0.4, 0.5) is 10.1 Å². The van der Waals surface area contributed by atoms with Gasteiger partial charge in [0.25, 0.3) is 0 Å². The number of imide groups is 1. The average Bonchev–Trinajstić information content (AvgIpc) is 2.60. The van der Waals surface area contributed by atoms with Crippen molar-refractivity contribution in [3.05, 3.63) is 29.6 Å². The van der Waals surface area contributed by atoms with Crippen LogP contribution in [-0.4, -0.2) is 17.9 Å². The van der Waals surface area contributed by atoms with Crippen molar-refractivity contribution in [3.8, 4) is 6.07 Å². The lowest BCUT2D eigenvalue weighted by Gasteiger charge is -2.10. The van der Waals surface area contributed by atoms with Crippen LogP contribution in [0.15, 0.2) is 18.2 Å². The molecule has 2 amide bonds. The monoisotopic (exact) mass is 233 g/mol. The number of hydrogen-bond acceptors (Lipinski definition) is 4. The molecule has 0 bridgehead atoms. The van der Waals surface area contributed by atoms with Crippen molar-refractivity contribution in [2.75, 3.05) is 5.32 Å². The van der Waals surface area contributed by atoms with Crippen molar-refractivity contribution >= 4 is 17.5 Å². The fourth-order valence-corrected chi connectivity index (χ4v) is 1.57. The lowest BCUT2D eigenvalue weighted by atomic mass is 10.1. The summed E-state index contributed by atoms with van der Waals surface area (Å²) in [5.41, 5.74) is 0.317. The minimum Gasteiger partial charge on any atom is -0.373 e. The van der Waals surface area contributed by atoms with Crippen LogP contribution < -0.4 is 10.6 Å². The third kappa shape index (κ3) is 2.23.